The third-order valence-electron chi connectivity index (χ3n) is 3.92. The summed E-state index contributed by atoms with van der Waals surface area (Å²) in [5.74, 6) is -0.209. The van der Waals surface area contributed by atoms with E-state index in [2.05, 4.69) is 20.4 Å². The van der Waals surface area contributed by atoms with Crippen LogP contribution in [0.25, 0.3) is 11.0 Å². The maximum atomic E-state index is 12.3. The lowest BCUT2D eigenvalue weighted by atomic mass is 10.0. The summed E-state index contributed by atoms with van der Waals surface area (Å²) in [5, 5.41) is 6.32. The summed E-state index contributed by atoms with van der Waals surface area (Å²) in [6, 6.07) is 3.28. The van der Waals surface area contributed by atoms with E-state index in [0.717, 1.165) is 16.8 Å². The van der Waals surface area contributed by atoms with Crippen molar-refractivity contribution in [3.05, 3.63) is 50.7 Å². The number of nitrogens with one attached hydrogen (secondary N) is 2. The maximum absolute atomic E-state index is 12.3. The SMILES string of the molecule is Cc1nc2c(c(C)c1CC(=O)Nc1ccc(Cl)nc1)c(=O)[nH]n2C. The minimum Gasteiger partial charge on any atom is -0.324 e. The van der Waals surface area contributed by atoms with Crippen LogP contribution in [0.5, 0.6) is 0 Å². The van der Waals surface area contributed by atoms with Gasteiger partial charge in [-0.15, -0.1) is 0 Å². The Labute approximate surface area is 142 Å². The van der Waals surface area contributed by atoms with E-state index in [9.17, 15) is 9.59 Å². The molecule has 3 rings (SSSR count). The van der Waals surface area contributed by atoms with Crippen LogP contribution in [0.2, 0.25) is 5.15 Å². The Balaban J connectivity index is 1.92. The van der Waals surface area contributed by atoms with Gasteiger partial charge in [-0.05, 0) is 37.1 Å². The first-order valence-electron chi connectivity index (χ1n) is 7.33. The molecule has 124 valence electrons. The van der Waals surface area contributed by atoms with E-state index in [1.807, 2.05) is 13.8 Å². The van der Waals surface area contributed by atoms with Crippen molar-refractivity contribution in [3.63, 3.8) is 0 Å². The maximum Gasteiger partial charge on any atom is 0.273 e. The molecular weight excluding hydrogens is 330 g/mol. The molecule has 0 aliphatic rings. The second-order valence-electron chi connectivity index (χ2n) is 5.59. The molecule has 0 aromatic carbocycles. The molecule has 0 spiro atoms. The summed E-state index contributed by atoms with van der Waals surface area (Å²) in [6.07, 6.45) is 1.61. The Morgan fingerprint density at radius 3 is 2.79 bits per heavy atom. The van der Waals surface area contributed by atoms with Crippen LogP contribution in [0.1, 0.15) is 16.8 Å². The highest BCUT2D eigenvalue weighted by atomic mass is 35.5. The Morgan fingerprint density at radius 2 is 2.12 bits per heavy atom. The molecule has 8 heteroatoms. The summed E-state index contributed by atoms with van der Waals surface area (Å²) in [7, 11) is 1.73. The number of amides is 1. The van der Waals surface area contributed by atoms with Crippen LogP contribution < -0.4 is 10.9 Å². The van der Waals surface area contributed by atoms with E-state index in [4.69, 9.17) is 11.6 Å². The molecule has 24 heavy (non-hydrogen) atoms. The monoisotopic (exact) mass is 345 g/mol. The molecule has 2 N–H and O–H groups in total. The number of carbonyl (C=O) groups is 1. The standard InChI is InChI=1S/C16H16ClN5O2/c1-8-11(6-13(23)20-10-4-5-12(17)18-7-10)9(2)19-15-14(8)16(24)21-22(15)3/h4-5,7H,6H2,1-3H3,(H,20,23)(H,21,24). The third kappa shape index (κ3) is 2.90. The second kappa shape index (κ2) is 6.09. The molecule has 0 saturated heterocycles. The third-order valence-corrected chi connectivity index (χ3v) is 4.15. The lowest BCUT2D eigenvalue weighted by Gasteiger charge is -2.11. The summed E-state index contributed by atoms with van der Waals surface area (Å²) >= 11 is 5.73. The van der Waals surface area contributed by atoms with Gasteiger partial charge >= 0.3 is 0 Å². The van der Waals surface area contributed by atoms with Gasteiger partial charge in [0.25, 0.3) is 5.56 Å². The van der Waals surface area contributed by atoms with Gasteiger partial charge in [-0.1, -0.05) is 11.6 Å². The van der Waals surface area contributed by atoms with Gasteiger partial charge in [-0.2, -0.15) is 0 Å². The number of pyridine rings is 2. The van der Waals surface area contributed by atoms with Gasteiger partial charge in [0.1, 0.15) is 5.15 Å². The van der Waals surface area contributed by atoms with Crippen LogP contribution in [0.15, 0.2) is 23.1 Å². The van der Waals surface area contributed by atoms with E-state index >= 15 is 0 Å². The number of halogens is 1. The second-order valence-corrected chi connectivity index (χ2v) is 5.98. The van der Waals surface area contributed by atoms with Gasteiger partial charge in [0, 0.05) is 12.7 Å². The van der Waals surface area contributed by atoms with Crippen LogP contribution in [-0.2, 0) is 18.3 Å². The first kappa shape index (κ1) is 16.2. The van der Waals surface area contributed by atoms with Crippen LogP contribution in [0, 0.1) is 13.8 Å². The van der Waals surface area contributed by atoms with E-state index in [1.54, 1.807) is 23.9 Å². The number of aromatic amines is 1. The van der Waals surface area contributed by atoms with Crippen molar-refractivity contribution in [2.75, 3.05) is 5.32 Å². The van der Waals surface area contributed by atoms with Crippen molar-refractivity contribution in [1.29, 1.82) is 0 Å². The summed E-state index contributed by atoms with van der Waals surface area (Å²) in [4.78, 5) is 32.7. The van der Waals surface area contributed by atoms with E-state index in [0.29, 0.717) is 21.9 Å². The highest BCUT2D eigenvalue weighted by Gasteiger charge is 2.17. The Morgan fingerprint density at radius 1 is 1.38 bits per heavy atom. The number of nitrogens with zero attached hydrogens (tertiary/aromatic N) is 3. The Bertz CT molecular complexity index is 988. The fraction of sp³-hybridized carbons (Fsp3) is 0.250. The Kier molecular flexibility index (Phi) is 4.11. The number of hydrogen-bond donors (Lipinski definition) is 2. The van der Waals surface area contributed by atoms with E-state index in [1.165, 1.54) is 6.20 Å². The molecule has 0 fully saturated rings. The molecule has 0 unspecified atom stereocenters. The normalized spacial score (nSPS) is 11.0. The Hall–Kier alpha value is -2.67. The van der Waals surface area contributed by atoms with Crippen LogP contribution in [0.3, 0.4) is 0 Å². The molecule has 3 aromatic rings. The highest BCUT2D eigenvalue weighted by Crippen LogP contribution is 2.20. The highest BCUT2D eigenvalue weighted by molar-refractivity contribution is 6.29. The fourth-order valence-electron chi connectivity index (χ4n) is 2.72. The molecule has 0 saturated carbocycles. The van der Waals surface area contributed by atoms with Gasteiger partial charge in [-0.3, -0.25) is 19.4 Å². The lowest BCUT2D eigenvalue weighted by molar-refractivity contribution is -0.115. The lowest BCUT2D eigenvalue weighted by Crippen LogP contribution is -2.17. The molecule has 3 aromatic heterocycles. The van der Waals surface area contributed by atoms with Gasteiger partial charge in [0.2, 0.25) is 5.91 Å². The summed E-state index contributed by atoms with van der Waals surface area (Å²) in [6.45, 7) is 3.66. The van der Waals surface area contributed by atoms with E-state index < -0.39 is 0 Å². The molecule has 3 heterocycles. The predicted molar refractivity (Wildman–Crippen MR) is 92.4 cm³/mol. The van der Waals surface area contributed by atoms with Crippen LogP contribution in [-0.4, -0.2) is 25.7 Å². The largest absolute Gasteiger partial charge is 0.324 e. The summed E-state index contributed by atoms with van der Waals surface area (Å²) in [5.41, 5.74) is 3.18. The molecule has 0 bridgehead atoms. The summed E-state index contributed by atoms with van der Waals surface area (Å²) < 4.78 is 1.58. The van der Waals surface area contributed by atoms with Crippen molar-refractivity contribution < 1.29 is 4.79 Å². The zero-order valence-corrected chi connectivity index (χ0v) is 14.2. The number of carbonyl (C=O) groups excluding carboxylic acids is 1. The molecule has 0 aliphatic heterocycles. The number of hydrogen-bond acceptors (Lipinski definition) is 4. The van der Waals surface area contributed by atoms with Crippen molar-refractivity contribution in [2.45, 2.75) is 20.3 Å². The van der Waals surface area contributed by atoms with E-state index in [-0.39, 0.29) is 17.9 Å². The zero-order valence-electron chi connectivity index (χ0n) is 13.5. The van der Waals surface area contributed by atoms with Gasteiger partial charge in [0.05, 0.1) is 23.7 Å². The van der Waals surface area contributed by atoms with Crippen LogP contribution >= 0.6 is 11.6 Å². The number of aromatic nitrogens is 4. The first-order chi connectivity index (χ1) is 11.4. The number of rotatable bonds is 3. The molecule has 0 atom stereocenters. The van der Waals surface area contributed by atoms with Crippen LogP contribution in [0.4, 0.5) is 5.69 Å². The number of fused-ring (bicyclic) bond motifs is 1. The fourth-order valence-corrected chi connectivity index (χ4v) is 2.84. The first-order valence-corrected chi connectivity index (χ1v) is 7.71. The van der Waals surface area contributed by atoms with Crippen molar-refractivity contribution in [3.8, 4) is 0 Å². The molecule has 1 amide bonds. The molecular formula is C16H16ClN5O2. The van der Waals surface area contributed by atoms with Crippen molar-refractivity contribution in [2.24, 2.45) is 7.05 Å². The average molecular weight is 346 g/mol. The number of H-pyrrole nitrogens is 1. The van der Waals surface area contributed by atoms with Crippen molar-refractivity contribution in [1.82, 2.24) is 19.7 Å². The minimum absolute atomic E-state index is 0.123. The average Bonchev–Trinajstić information content (AvgIpc) is 2.80. The topological polar surface area (TPSA) is 92.7 Å². The predicted octanol–water partition coefficient (Wildman–Crippen LogP) is 2.11. The van der Waals surface area contributed by atoms with Gasteiger partial charge in [0.15, 0.2) is 5.65 Å². The number of aryl methyl sites for hydroxylation is 3. The number of anilines is 1. The zero-order chi connectivity index (χ0) is 17.4. The van der Waals surface area contributed by atoms with Gasteiger partial charge in [-0.25, -0.2) is 9.97 Å². The smallest absolute Gasteiger partial charge is 0.273 e. The van der Waals surface area contributed by atoms with Gasteiger partial charge < -0.3 is 5.32 Å². The quantitative estimate of drug-likeness (QED) is 0.711. The molecule has 0 radical (unpaired) electrons. The molecule has 0 aliphatic carbocycles. The minimum atomic E-state index is -0.209. The molecule has 7 nitrogen and oxygen atoms in total. The van der Waals surface area contributed by atoms with Crippen molar-refractivity contribution >= 4 is 34.2 Å².